The van der Waals surface area contributed by atoms with Crippen molar-refractivity contribution in [3.63, 3.8) is 0 Å². The highest BCUT2D eigenvalue weighted by atomic mass is 32.2. The van der Waals surface area contributed by atoms with Gasteiger partial charge in [-0.25, -0.2) is 4.79 Å². The van der Waals surface area contributed by atoms with Crippen molar-refractivity contribution in [1.29, 1.82) is 0 Å². The number of esters is 1. The Bertz CT molecular complexity index is 1420. The van der Waals surface area contributed by atoms with Gasteiger partial charge < -0.3 is 14.6 Å². The first kappa shape index (κ1) is 24.7. The van der Waals surface area contributed by atoms with Crippen LogP contribution in [0.15, 0.2) is 40.9 Å². The van der Waals surface area contributed by atoms with E-state index in [1.54, 1.807) is 11.3 Å². The highest BCUT2D eigenvalue weighted by Crippen LogP contribution is 2.40. The molecule has 0 saturated heterocycles. The van der Waals surface area contributed by atoms with E-state index in [0.717, 1.165) is 53.8 Å². The number of anilines is 1. The van der Waals surface area contributed by atoms with E-state index < -0.39 is 5.97 Å². The molecule has 1 aromatic carbocycles. The number of aromatic nitrogens is 3. The molecule has 10 heteroatoms. The number of aryl methyl sites for hydroxylation is 2. The number of ether oxygens (including phenoxy) is 1. The van der Waals surface area contributed by atoms with E-state index >= 15 is 0 Å². The van der Waals surface area contributed by atoms with Crippen molar-refractivity contribution < 1.29 is 14.3 Å². The molecule has 0 unspecified atom stereocenters. The number of benzene rings is 1. The number of thioether (sulfide) groups is 1. The summed E-state index contributed by atoms with van der Waals surface area (Å²) in [6.45, 7) is 2.11. The fourth-order valence-electron chi connectivity index (χ4n) is 4.52. The lowest BCUT2D eigenvalue weighted by Gasteiger charge is -2.11. The smallest absolute Gasteiger partial charge is 0.341 e. The van der Waals surface area contributed by atoms with Gasteiger partial charge in [0, 0.05) is 33.3 Å². The summed E-state index contributed by atoms with van der Waals surface area (Å²) in [5.41, 5.74) is 4.87. The molecule has 0 radical (unpaired) electrons. The second-order valence-electron chi connectivity index (χ2n) is 8.56. The molecular weight excluding hydrogens is 513 g/mol. The molecule has 0 aliphatic heterocycles. The van der Waals surface area contributed by atoms with Crippen molar-refractivity contribution in [1.82, 2.24) is 14.8 Å². The highest BCUT2D eigenvalue weighted by Gasteiger charge is 2.27. The second-order valence-corrected chi connectivity index (χ2v) is 11.7. The first-order valence-electron chi connectivity index (χ1n) is 11.7. The summed E-state index contributed by atoms with van der Waals surface area (Å²) >= 11 is 4.50. The zero-order chi connectivity index (χ0) is 25.2. The predicted molar refractivity (Wildman–Crippen MR) is 146 cm³/mol. The van der Waals surface area contributed by atoms with Crippen LogP contribution >= 0.6 is 34.4 Å². The summed E-state index contributed by atoms with van der Waals surface area (Å²) in [6.07, 6.45) is 3.92. The van der Waals surface area contributed by atoms with E-state index in [2.05, 4.69) is 40.0 Å². The molecule has 7 nitrogen and oxygen atoms in total. The van der Waals surface area contributed by atoms with Gasteiger partial charge in [-0.2, -0.15) is 0 Å². The Hall–Kier alpha value is -2.95. The number of amides is 1. The Morgan fingerprint density at radius 1 is 1.17 bits per heavy atom. The van der Waals surface area contributed by atoms with Crippen LogP contribution in [0.2, 0.25) is 0 Å². The van der Waals surface area contributed by atoms with Gasteiger partial charge in [-0.1, -0.05) is 42.1 Å². The average Bonchev–Trinajstić information content (AvgIpc) is 3.57. The molecule has 1 aliphatic carbocycles. The number of rotatable bonds is 7. The number of methoxy groups -OCH3 is 1. The minimum atomic E-state index is -0.393. The molecule has 0 atom stereocenters. The van der Waals surface area contributed by atoms with Crippen LogP contribution < -0.4 is 5.32 Å². The largest absolute Gasteiger partial charge is 0.465 e. The lowest BCUT2D eigenvalue weighted by Crippen LogP contribution is -2.17. The molecule has 0 fully saturated rings. The molecule has 4 aromatic rings. The van der Waals surface area contributed by atoms with Crippen LogP contribution in [0.1, 0.15) is 38.5 Å². The predicted octanol–water partition coefficient (Wildman–Crippen LogP) is 5.98. The van der Waals surface area contributed by atoms with Gasteiger partial charge in [0.25, 0.3) is 0 Å². The number of carbonyl (C=O) groups is 2. The van der Waals surface area contributed by atoms with Gasteiger partial charge in [0.2, 0.25) is 5.91 Å². The van der Waals surface area contributed by atoms with Crippen LogP contribution in [-0.2, 0) is 29.4 Å². The molecule has 0 spiro atoms. The fraction of sp³-hybridized carbons (Fsp3) is 0.308. The molecule has 36 heavy (non-hydrogen) atoms. The van der Waals surface area contributed by atoms with Crippen LogP contribution in [0.4, 0.5) is 5.00 Å². The Kier molecular flexibility index (Phi) is 7.27. The van der Waals surface area contributed by atoms with Crippen molar-refractivity contribution in [2.75, 3.05) is 18.2 Å². The molecule has 0 saturated carbocycles. The van der Waals surface area contributed by atoms with Crippen molar-refractivity contribution >= 4 is 51.3 Å². The van der Waals surface area contributed by atoms with Gasteiger partial charge in [0.1, 0.15) is 5.00 Å². The Morgan fingerprint density at radius 2 is 1.94 bits per heavy atom. The van der Waals surface area contributed by atoms with Crippen LogP contribution in [-0.4, -0.2) is 39.5 Å². The molecule has 5 rings (SSSR count). The van der Waals surface area contributed by atoms with Crippen LogP contribution in [0, 0.1) is 6.92 Å². The van der Waals surface area contributed by atoms with Crippen LogP contribution in [0.25, 0.3) is 22.5 Å². The molecule has 3 aromatic heterocycles. The average molecular weight is 539 g/mol. The first-order chi connectivity index (χ1) is 17.5. The molecular formula is C26H26N4O3S3. The highest BCUT2D eigenvalue weighted by molar-refractivity contribution is 7.99. The number of nitrogens with one attached hydrogen (secondary N) is 1. The second kappa shape index (κ2) is 10.6. The van der Waals surface area contributed by atoms with E-state index in [1.807, 2.05) is 29.8 Å². The van der Waals surface area contributed by atoms with Crippen molar-refractivity contribution in [3.8, 4) is 22.5 Å². The third kappa shape index (κ3) is 4.72. The third-order valence-electron chi connectivity index (χ3n) is 6.26. The number of carbonyl (C=O) groups excluding carboxylic acids is 2. The van der Waals surface area contributed by atoms with Gasteiger partial charge in [-0.15, -0.1) is 32.9 Å². The SMILES string of the molecule is COC(=O)c1c(NC(=O)CSc2nnc(-c3csc(C)c3-c3ccccc3)n2C)sc2c1CCCC2. The van der Waals surface area contributed by atoms with Gasteiger partial charge >= 0.3 is 5.97 Å². The summed E-state index contributed by atoms with van der Waals surface area (Å²) < 4.78 is 6.93. The van der Waals surface area contributed by atoms with Crippen molar-refractivity contribution in [3.05, 3.63) is 56.6 Å². The normalized spacial score (nSPS) is 12.9. The Balaban J connectivity index is 1.32. The van der Waals surface area contributed by atoms with Gasteiger partial charge in [0.05, 0.1) is 18.4 Å². The maximum Gasteiger partial charge on any atom is 0.341 e. The van der Waals surface area contributed by atoms with Crippen molar-refractivity contribution in [2.45, 2.75) is 37.8 Å². The monoisotopic (exact) mass is 538 g/mol. The minimum absolute atomic E-state index is 0.156. The molecule has 186 valence electrons. The zero-order valence-electron chi connectivity index (χ0n) is 20.3. The molecule has 1 amide bonds. The van der Waals surface area contributed by atoms with Crippen LogP contribution in [0.5, 0.6) is 0 Å². The number of nitrogens with zero attached hydrogens (tertiary/aromatic N) is 3. The van der Waals surface area contributed by atoms with Crippen molar-refractivity contribution in [2.24, 2.45) is 7.05 Å². The summed E-state index contributed by atoms with van der Waals surface area (Å²) in [6, 6.07) is 10.3. The standard InChI is InChI=1S/C26H26N4O3S3/c1-15-21(16-9-5-4-6-10-16)18(13-34-15)23-28-29-26(30(23)2)35-14-20(31)27-24-22(25(32)33-3)17-11-7-8-12-19(17)36-24/h4-6,9-10,13H,7-8,11-12,14H2,1-3H3,(H,27,31). The number of hydrogen-bond donors (Lipinski definition) is 1. The third-order valence-corrected chi connectivity index (χ3v) is 9.40. The molecule has 3 heterocycles. The summed E-state index contributed by atoms with van der Waals surface area (Å²) in [7, 11) is 3.29. The van der Waals surface area contributed by atoms with E-state index in [9.17, 15) is 9.59 Å². The zero-order valence-corrected chi connectivity index (χ0v) is 22.7. The summed E-state index contributed by atoms with van der Waals surface area (Å²) in [5, 5.41) is 15.1. The fourth-order valence-corrected chi connectivity index (χ4v) is 7.39. The van der Waals surface area contributed by atoms with Gasteiger partial charge in [-0.3, -0.25) is 4.79 Å². The number of hydrogen-bond acceptors (Lipinski definition) is 8. The quantitative estimate of drug-likeness (QED) is 0.230. The molecule has 0 bridgehead atoms. The number of fused-ring (bicyclic) bond motifs is 1. The van der Waals surface area contributed by atoms with Gasteiger partial charge in [0.15, 0.2) is 11.0 Å². The van der Waals surface area contributed by atoms with Gasteiger partial charge in [-0.05, 0) is 43.7 Å². The molecule has 1 aliphatic rings. The van der Waals surface area contributed by atoms with E-state index in [-0.39, 0.29) is 11.7 Å². The minimum Gasteiger partial charge on any atom is -0.465 e. The maximum absolute atomic E-state index is 12.9. The lowest BCUT2D eigenvalue weighted by molar-refractivity contribution is -0.113. The topological polar surface area (TPSA) is 86.1 Å². The molecule has 1 N–H and O–H groups in total. The van der Waals surface area contributed by atoms with Crippen LogP contribution in [0.3, 0.4) is 0 Å². The first-order valence-corrected chi connectivity index (χ1v) is 14.3. The lowest BCUT2D eigenvalue weighted by atomic mass is 9.95. The van der Waals surface area contributed by atoms with E-state index in [1.165, 1.54) is 40.0 Å². The number of thiophene rings is 2. The Labute approximate surface area is 221 Å². The van der Waals surface area contributed by atoms with E-state index in [4.69, 9.17) is 4.74 Å². The maximum atomic E-state index is 12.9. The summed E-state index contributed by atoms with van der Waals surface area (Å²) in [5.74, 6) is 0.337. The van der Waals surface area contributed by atoms with E-state index in [0.29, 0.717) is 15.7 Å². The Morgan fingerprint density at radius 3 is 2.72 bits per heavy atom. The summed E-state index contributed by atoms with van der Waals surface area (Å²) in [4.78, 5) is 27.7.